The number of aromatic hydroxyl groups is 1. The molecule has 0 radical (unpaired) electrons. The van der Waals surface area contributed by atoms with Crippen LogP contribution < -0.4 is 10.1 Å². The molecule has 0 saturated carbocycles. The number of phenolic OH excluding ortho intramolecular Hbond substituents is 1. The van der Waals surface area contributed by atoms with E-state index in [1.807, 2.05) is 36.4 Å². The molecule has 1 heterocycles. The average Bonchev–Trinajstić information content (AvgIpc) is 3.63. The van der Waals surface area contributed by atoms with E-state index in [2.05, 4.69) is 27.8 Å². The fourth-order valence-electron chi connectivity index (χ4n) is 6.08. The van der Waals surface area contributed by atoms with Crippen molar-refractivity contribution in [2.24, 2.45) is 0 Å². The van der Waals surface area contributed by atoms with Gasteiger partial charge in [-0.05, 0) is 77.3 Å². The van der Waals surface area contributed by atoms with Gasteiger partial charge >= 0.3 is 5.97 Å². The van der Waals surface area contributed by atoms with Crippen molar-refractivity contribution in [2.45, 2.75) is 101 Å². The van der Waals surface area contributed by atoms with Crippen molar-refractivity contribution in [3.63, 3.8) is 0 Å². The van der Waals surface area contributed by atoms with E-state index < -0.39 is 11.9 Å². The van der Waals surface area contributed by atoms with Crippen molar-refractivity contribution in [2.75, 3.05) is 18.5 Å². The quantitative estimate of drug-likeness (QED) is 0.0561. The second-order valence-electron chi connectivity index (χ2n) is 12.8. The Labute approximate surface area is 310 Å². The van der Waals surface area contributed by atoms with Crippen LogP contribution in [-0.4, -0.2) is 50.4 Å². The Morgan fingerprint density at radius 2 is 1.46 bits per heavy atom. The number of esters is 1. The highest BCUT2D eigenvalue weighted by Crippen LogP contribution is 2.40. The van der Waals surface area contributed by atoms with E-state index in [9.17, 15) is 14.7 Å². The molecule has 5 rings (SSSR count). The van der Waals surface area contributed by atoms with Gasteiger partial charge in [0, 0.05) is 10.3 Å². The fourth-order valence-corrected chi connectivity index (χ4v) is 7.04. The molecule has 11 heteroatoms. The second-order valence-corrected chi connectivity index (χ2v) is 13.8. The van der Waals surface area contributed by atoms with E-state index in [1.165, 1.54) is 80.7 Å². The number of rotatable bonds is 21. The maximum atomic E-state index is 13.8. The number of hydrogen-bond donors (Lipinski definition) is 2. The van der Waals surface area contributed by atoms with Crippen molar-refractivity contribution >= 4 is 40.1 Å². The number of fused-ring (bicyclic) bond motifs is 1. The number of tetrazole rings is 1. The highest BCUT2D eigenvalue weighted by atomic mass is 32.2. The van der Waals surface area contributed by atoms with Crippen molar-refractivity contribution in [1.29, 1.82) is 0 Å². The largest absolute Gasteiger partial charge is 0.506 e. The predicted octanol–water partition coefficient (Wildman–Crippen LogP) is 10.2. The molecule has 0 atom stereocenters. The molecule has 0 unspecified atom stereocenters. The van der Waals surface area contributed by atoms with E-state index in [-0.39, 0.29) is 17.9 Å². The van der Waals surface area contributed by atoms with Crippen LogP contribution in [0.1, 0.15) is 112 Å². The SMILES string of the molecule is CCCCCCCCCCCCCCOc1ccccc1NC(=O)c1cc(Sc2nnnn2-c2cccc(C(=O)OCC)c2)c2ccccc2c1O. The van der Waals surface area contributed by atoms with Gasteiger partial charge in [0.2, 0.25) is 5.16 Å². The van der Waals surface area contributed by atoms with E-state index in [1.54, 1.807) is 49.4 Å². The Morgan fingerprint density at radius 1 is 0.788 bits per heavy atom. The topological polar surface area (TPSA) is 128 Å². The van der Waals surface area contributed by atoms with Gasteiger partial charge in [-0.1, -0.05) is 120 Å². The Hall–Kier alpha value is -4.90. The highest BCUT2D eigenvalue weighted by molar-refractivity contribution is 7.99. The minimum Gasteiger partial charge on any atom is -0.506 e. The first kappa shape index (κ1) is 38.3. The first-order chi connectivity index (χ1) is 25.5. The summed E-state index contributed by atoms with van der Waals surface area (Å²) < 4.78 is 12.8. The summed E-state index contributed by atoms with van der Waals surface area (Å²) in [4.78, 5) is 26.8. The first-order valence-corrected chi connectivity index (χ1v) is 19.3. The zero-order valence-electron chi connectivity index (χ0n) is 30.2. The average molecular weight is 724 g/mol. The third-order valence-corrected chi connectivity index (χ3v) is 9.85. The van der Waals surface area contributed by atoms with Gasteiger partial charge in [0.15, 0.2) is 0 Å². The summed E-state index contributed by atoms with van der Waals surface area (Å²) in [6.07, 6.45) is 15.2. The van der Waals surface area contributed by atoms with Gasteiger partial charge < -0.3 is 19.9 Å². The number of amides is 1. The molecule has 10 nitrogen and oxygen atoms in total. The number of carbonyl (C=O) groups excluding carboxylic acids is 2. The molecule has 1 amide bonds. The number of phenols is 1. The van der Waals surface area contributed by atoms with Crippen molar-refractivity contribution in [1.82, 2.24) is 20.2 Å². The number of unbranched alkanes of at least 4 members (excludes halogenated alkanes) is 11. The van der Waals surface area contributed by atoms with Crippen LogP contribution >= 0.6 is 11.8 Å². The zero-order valence-corrected chi connectivity index (χ0v) is 31.0. The maximum absolute atomic E-state index is 13.8. The molecule has 5 aromatic rings. The van der Waals surface area contributed by atoms with Gasteiger partial charge in [0.25, 0.3) is 5.91 Å². The normalized spacial score (nSPS) is 11.1. The second kappa shape index (κ2) is 20.2. The van der Waals surface area contributed by atoms with Crippen molar-refractivity contribution < 1.29 is 24.2 Å². The Morgan fingerprint density at radius 3 is 2.19 bits per heavy atom. The summed E-state index contributed by atoms with van der Waals surface area (Å²) in [5.74, 6) is -0.469. The third-order valence-electron chi connectivity index (χ3n) is 8.86. The van der Waals surface area contributed by atoms with Crippen molar-refractivity contribution in [3.05, 3.63) is 90.0 Å². The molecule has 0 aliphatic carbocycles. The first-order valence-electron chi connectivity index (χ1n) is 18.5. The van der Waals surface area contributed by atoms with Gasteiger partial charge in [-0.25, -0.2) is 4.79 Å². The van der Waals surface area contributed by atoms with Crippen LogP contribution in [0.15, 0.2) is 88.9 Å². The van der Waals surface area contributed by atoms with Crippen LogP contribution in [0.2, 0.25) is 0 Å². The van der Waals surface area contributed by atoms with Crippen molar-refractivity contribution in [3.8, 4) is 17.2 Å². The molecule has 0 aliphatic rings. The minimum atomic E-state index is -0.478. The molecule has 2 N–H and O–H groups in total. The standard InChI is InChI=1S/C41H49N5O5S/c1-3-5-6-7-8-9-10-11-12-13-14-19-27-51-36-26-18-17-25-35(36)42-39(48)34-29-37(32-23-15-16-24-33(32)38(34)47)52-41-43-44-45-46(41)31-22-20-21-30(28-31)40(49)50-4-2/h15-18,20-26,28-29,47H,3-14,19,27H2,1-2H3,(H,42,48). The van der Waals surface area contributed by atoms with E-state index in [0.29, 0.717) is 44.7 Å². The fraction of sp³-hybridized carbons (Fsp3) is 0.390. The van der Waals surface area contributed by atoms with Gasteiger partial charge in [-0.3, -0.25) is 4.79 Å². The lowest BCUT2D eigenvalue weighted by molar-refractivity contribution is 0.0526. The number of hydrogen-bond acceptors (Lipinski definition) is 9. The van der Waals surface area contributed by atoms with Crippen LogP contribution in [-0.2, 0) is 4.74 Å². The molecule has 0 saturated heterocycles. The summed E-state index contributed by atoms with van der Waals surface area (Å²) in [5, 5.41) is 28.2. The molecule has 1 aromatic heterocycles. The zero-order chi connectivity index (χ0) is 36.5. The molecule has 0 aliphatic heterocycles. The molecule has 52 heavy (non-hydrogen) atoms. The number of ether oxygens (including phenoxy) is 2. The number of aromatic nitrogens is 4. The smallest absolute Gasteiger partial charge is 0.338 e. The van der Waals surface area contributed by atoms with Crippen LogP contribution in [0, 0.1) is 0 Å². The van der Waals surface area contributed by atoms with Gasteiger partial charge in [-0.2, -0.15) is 4.68 Å². The summed E-state index contributed by atoms with van der Waals surface area (Å²) in [6.45, 7) is 4.83. The molecule has 4 aromatic carbocycles. The van der Waals surface area contributed by atoms with Gasteiger partial charge in [0.1, 0.15) is 11.5 Å². The number of nitrogens with zero attached hydrogens (tertiary/aromatic N) is 4. The molecule has 0 spiro atoms. The van der Waals surface area contributed by atoms with Crippen LogP contribution in [0.5, 0.6) is 11.5 Å². The van der Waals surface area contributed by atoms with Gasteiger partial charge in [-0.15, -0.1) is 5.10 Å². The van der Waals surface area contributed by atoms with Crippen LogP contribution in [0.25, 0.3) is 16.5 Å². The summed E-state index contributed by atoms with van der Waals surface area (Å²) >= 11 is 1.24. The number of benzene rings is 4. The molecule has 0 fully saturated rings. The van der Waals surface area contributed by atoms with Crippen LogP contribution in [0.4, 0.5) is 5.69 Å². The van der Waals surface area contributed by atoms with E-state index >= 15 is 0 Å². The predicted molar refractivity (Wildman–Crippen MR) is 206 cm³/mol. The van der Waals surface area contributed by atoms with Gasteiger partial charge in [0.05, 0.1) is 35.7 Å². The lowest BCUT2D eigenvalue weighted by Crippen LogP contribution is -2.14. The summed E-state index contributed by atoms with van der Waals surface area (Å²) in [7, 11) is 0. The molecule has 274 valence electrons. The minimum absolute atomic E-state index is 0.0975. The van der Waals surface area contributed by atoms with Crippen LogP contribution in [0.3, 0.4) is 0 Å². The number of para-hydroxylation sites is 2. The Balaban J connectivity index is 1.23. The lowest BCUT2D eigenvalue weighted by atomic mass is 10.0. The summed E-state index contributed by atoms with van der Waals surface area (Å²) in [5.41, 5.74) is 1.57. The highest BCUT2D eigenvalue weighted by Gasteiger charge is 2.21. The molecular formula is C41H49N5O5S. The summed E-state index contributed by atoms with van der Waals surface area (Å²) in [6, 6.07) is 23.1. The monoisotopic (exact) mass is 723 g/mol. The third kappa shape index (κ3) is 10.6. The lowest BCUT2D eigenvalue weighted by Gasteiger charge is -2.15. The number of anilines is 1. The maximum Gasteiger partial charge on any atom is 0.338 e. The number of nitrogens with one attached hydrogen (secondary N) is 1. The molecular weight excluding hydrogens is 675 g/mol. The Bertz CT molecular complexity index is 1910. The van der Waals surface area contributed by atoms with E-state index in [4.69, 9.17) is 9.47 Å². The van der Waals surface area contributed by atoms with E-state index in [0.717, 1.165) is 18.2 Å². The molecule has 0 bridgehead atoms. The number of carbonyl (C=O) groups is 2. The Kier molecular flexibility index (Phi) is 14.9.